The van der Waals surface area contributed by atoms with E-state index in [2.05, 4.69) is 5.32 Å². The van der Waals surface area contributed by atoms with Gasteiger partial charge in [-0.2, -0.15) is 0 Å². The lowest BCUT2D eigenvalue weighted by molar-refractivity contribution is 0.129. The highest BCUT2D eigenvalue weighted by atomic mass is 19.1. The van der Waals surface area contributed by atoms with Crippen molar-refractivity contribution < 1.29 is 8.78 Å². The Kier molecular flexibility index (Phi) is 2.60. The summed E-state index contributed by atoms with van der Waals surface area (Å²) in [5, 5.41) is 2.87. The first-order valence-electron chi connectivity index (χ1n) is 3.70. The number of alkyl halides is 2. The van der Waals surface area contributed by atoms with Crippen LogP contribution in [0.2, 0.25) is 0 Å². The summed E-state index contributed by atoms with van der Waals surface area (Å²) in [6.45, 7) is 1.31. The van der Waals surface area contributed by atoms with Crippen molar-refractivity contribution >= 4 is 0 Å². The van der Waals surface area contributed by atoms with Crippen molar-refractivity contribution in [3.8, 4) is 0 Å². The van der Waals surface area contributed by atoms with E-state index in [9.17, 15) is 8.78 Å². The first kappa shape index (κ1) is 7.92. The highest BCUT2D eigenvalue weighted by molar-refractivity contribution is 4.88. The van der Waals surface area contributed by atoms with Gasteiger partial charge in [0.05, 0.1) is 0 Å². The molecule has 0 aromatic rings. The lowest BCUT2D eigenvalue weighted by Gasteiger charge is -2.33. The van der Waals surface area contributed by atoms with E-state index in [-0.39, 0.29) is 12.1 Å². The van der Waals surface area contributed by atoms with Crippen LogP contribution >= 0.6 is 0 Å². The maximum atomic E-state index is 12.5. The topological polar surface area (TPSA) is 12.0 Å². The molecule has 1 nitrogen and oxygen atoms in total. The summed E-state index contributed by atoms with van der Waals surface area (Å²) in [5.41, 5.74) is 0. The Balaban J connectivity index is 2.12. The molecule has 0 bridgehead atoms. The van der Waals surface area contributed by atoms with Crippen LogP contribution < -0.4 is 5.32 Å². The van der Waals surface area contributed by atoms with Crippen molar-refractivity contribution in [2.45, 2.75) is 38.0 Å². The second kappa shape index (κ2) is 3.28. The maximum absolute atomic E-state index is 12.5. The van der Waals surface area contributed by atoms with Gasteiger partial charge in [-0.15, -0.1) is 0 Å². The third-order valence-electron chi connectivity index (χ3n) is 1.92. The van der Waals surface area contributed by atoms with E-state index in [0.717, 1.165) is 6.42 Å². The van der Waals surface area contributed by atoms with Gasteiger partial charge in [0.1, 0.15) is 12.8 Å². The fraction of sp³-hybridized carbons (Fsp3) is 1.00. The lowest BCUT2D eigenvalue weighted by atomic mass is 9.90. The smallest absolute Gasteiger partial charge is 0.115 e. The molecule has 3 unspecified atom stereocenters. The molecule has 0 heterocycles. The summed E-state index contributed by atoms with van der Waals surface area (Å²) in [7, 11) is 0. The Labute approximate surface area is 59.8 Å². The molecule has 3 atom stereocenters. The van der Waals surface area contributed by atoms with E-state index in [0.29, 0.717) is 6.42 Å². The molecule has 1 N–H and O–H groups in total. The van der Waals surface area contributed by atoms with Crippen molar-refractivity contribution in [1.82, 2.24) is 5.32 Å². The molecular formula is C7H13F2N. The second-order valence-corrected chi connectivity index (χ2v) is 2.92. The van der Waals surface area contributed by atoms with Crippen molar-refractivity contribution in [2.24, 2.45) is 0 Å². The molecule has 0 amide bonds. The summed E-state index contributed by atoms with van der Waals surface area (Å²) >= 11 is 0. The predicted octanol–water partition coefficient (Wildman–Crippen LogP) is 1.43. The SMILES string of the molecule is CC(CF)NC1CCC1F. The molecule has 0 spiro atoms. The molecule has 60 valence electrons. The van der Waals surface area contributed by atoms with Gasteiger partial charge in [0.15, 0.2) is 0 Å². The fourth-order valence-corrected chi connectivity index (χ4v) is 1.06. The second-order valence-electron chi connectivity index (χ2n) is 2.92. The number of hydrogen-bond donors (Lipinski definition) is 1. The van der Waals surface area contributed by atoms with Crippen LogP contribution in [-0.2, 0) is 0 Å². The molecule has 0 aromatic carbocycles. The first-order valence-corrected chi connectivity index (χ1v) is 3.70. The molecule has 0 saturated heterocycles. The molecule has 1 aliphatic rings. The third kappa shape index (κ3) is 1.66. The minimum atomic E-state index is -0.742. The summed E-state index contributed by atoms with van der Waals surface area (Å²) < 4.78 is 24.3. The van der Waals surface area contributed by atoms with Crippen LogP contribution in [0.1, 0.15) is 19.8 Å². The Hall–Kier alpha value is -0.180. The molecule has 0 radical (unpaired) electrons. The molecule has 1 fully saturated rings. The minimum Gasteiger partial charge on any atom is -0.306 e. The van der Waals surface area contributed by atoms with Gasteiger partial charge in [-0.25, -0.2) is 8.78 Å². The van der Waals surface area contributed by atoms with Crippen LogP contribution in [0.5, 0.6) is 0 Å². The number of rotatable bonds is 3. The Morgan fingerprint density at radius 1 is 1.60 bits per heavy atom. The van der Waals surface area contributed by atoms with E-state index < -0.39 is 12.8 Å². The average molecular weight is 149 g/mol. The Morgan fingerprint density at radius 2 is 2.30 bits per heavy atom. The zero-order valence-corrected chi connectivity index (χ0v) is 6.11. The third-order valence-corrected chi connectivity index (χ3v) is 1.92. The highest BCUT2D eigenvalue weighted by Crippen LogP contribution is 2.23. The van der Waals surface area contributed by atoms with E-state index in [4.69, 9.17) is 0 Å². The number of nitrogens with one attached hydrogen (secondary N) is 1. The van der Waals surface area contributed by atoms with Crippen molar-refractivity contribution in [1.29, 1.82) is 0 Å². The largest absolute Gasteiger partial charge is 0.306 e. The monoisotopic (exact) mass is 149 g/mol. The van der Waals surface area contributed by atoms with Crippen LogP contribution in [0.25, 0.3) is 0 Å². The highest BCUT2D eigenvalue weighted by Gasteiger charge is 2.31. The molecule has 0 aromatic heterocycles. The quantitative estimate of drug-likeness (QED) is 0.640. The van der Waals surface area contributed by atoms with Crippen LogP contribution in [0, 0.1) is 0 Å². The van der Waals surface area contributed by atoms with Gasteiger partial charge >= 0.3 is 0 Å². The zero-order chi connectivity index (χ0) is 7.56. The van der Waals surface area contributed by atoms with Gasteiger partial charge in [0.25, 0.3) is 0 Å². The minimum absolute atomic E-state index is 0.0780. The summed E-state index contributed by atoms with van der Waals surface area (Å²) in [4.78, 5) is 0. The molecular weight excluding hydrogens is 136 g/mol. The van der Waals surface area contributed by atoms with Gasteiger partial charge in [-0.3, -0.25) is 0 Å². The molecule has 10 heavy (non-hydrogen) atoms. The molecule has 1 rings (SSSR count). The normalized spacial score (nSPS) is 35.1. The summed E-state index contributed by atoms with van der Waals surface area (Å²) in [6, 6.07) is -0.269. The molecule has 0 aliphatic heterocycles. The van der Waals surface area contributed by atoms with E-state index >= 15 is 0 Å². The van der Waals surface area contributed by atoms with Crippen LogP contribution in [0.4, 0.5) is 8.78 Å². The van der Waals surface area contributed by atoms with E-state index in [1.807, 2.05) is 0 Å². The van der Waals surface area contributed by atoms with E-state index in [1.165, 1.54) is 0 Å². The number of hydrogen-bond acceptors (Lipinski definition) is 1. The van der Waals surface area contributed by atoms with E-state index in [1.54, 1.807) is 6.92 Å². The Bertz CT molecular complexity index is 108. The van der Waals surface area contributed by atoms with Gasteiger partial charge in [-0.05, 0) is 19.8 Å². The average Bonchev–Trinajstić information content (AvgIpc) is 1.96. The Morgan fingerprint density at radius 3 is 2.60 bits per heavy atom. The summed E-state index contributed by atoms with van der Waals surface area (Å²) in [6.07, 6.45) is 0.747. The van der Waals surface area contributed by atoms with Crippen LogP contribution in [-0.4, -0.2) is 24.9 Å². The molecule has 1 saturated carbocycles. The van der Waals surface area contributed by atoms with Gasteiger partial charge in [0, 0.05) is 12.1 Å². The van der Waals surface area contributed by atoms with Crippen molar-refractivity contribution in [3.63, 3.8) is 0 Å². The van der Waals surface area contributed by atoms with Gasteiger partial charge in [0.2, 0.25) is 0 Å². The van der Waals surface area contributed by atoms with Crippen LogP contribution in [0.15, 0.2) is 0 Å². The van der Waals surface area contributed by atoms with Gasteiger partial charge in [-0.1, -0.05) is 0 Å². The number of halogens is 2. The van der Waals surface area contributed by atoms with Gasteiger partial charge < -0.3 is 5.32 Å². The fourth-order valence-electron chi connectivity index (χ4n) is 1.06. The predicted molar refractivity (Wildman–Crippen MR) is 36.5 cm³/mol. The molecule has 3 heteroatoms. The molecule has 1 aliphatic carbocycles. The zero-order valence-electron chi connectivity index (χ0n) is 6.11. The standard InChI is InChI=1S/C7H13F2N/c1-5(4-8)10-7-3-2-6(7)9/h5-7,10H,2-4H2,1H3. The first-order chi connectivity index (χ1) is 4.74. The van der Waals surface area contributed by atoms with Crippen molar-refractivity contribution in [2.75, 3.05) is 6.67 Å². The van der Waals surface area contributed by atoms with Crippen molar-refractivity contribution in [3.05, 3.63) is 0 Å². The maximum Gasteiger partial charge on any atom is 0.115 e. The van der Waals surface area contributed by atoms with Crippen LogP contribution in [0.3, 0.4) is 0 Å². The lowest BCUT2D eigenvalue weighted by Crippen LogP contribution is -2.49. The summed E-state index contributed by atoms with van der Waals surface area (Å²) in [5.74, 6) is 0.